The lowest BCUT2D eigenvalue weighted by Crippen LogP contribution is -2.13. The van der Waals surface area contributed by atoms with Crippen LogP contribution in [-0.4, -0.2) is 32.5 Å². The van der Waals surface area contributed by atoms with E-state index < -0.39 is 0 Å². The highest BCUT2D eigenvalue weighted by Gasteiger charge is 2.08. The molecule has 0 aliphatic rings. The van der Waals surface area contributed by atoms with Crippen molar-refractivity contribution in [3.05, 3.63) is 83.8 Å². The number of carbonyl (C=O) groups excluding carboxylic acids is 1. The number of aromatic nitrogens is 4. The summed E-state index contributed by atoms with van der Waals surface area (Å²) in [6.45, 7) is 19.1. The molecule has 0 fully saturated rings. The third-order valence-electron chi connectivity index (χ3n) is 4.55. The van der Waals surface area contributed by atoms with E-state index in [1.807, 2.05) is 26.0 Å². The zero-order chi connectivity index (χ0) is 25.6. The number of amides is 1. The molecule has 0 saturated carbocycles. The highest BCUT2D eigenvalue weighted by atomic mass is 32.1. The SMILES string of the molecule is C=C/N=C\C(=C)CC(=C)Nc1nnc(CCCCc2ccc(NC(=O)C/C(C)=C/C(=C)C)nn2)s1. The Morgan fingerprint density at radius 1 is 1.03 bits per heavy atom. The zero-order valence-electron chi connectivity index (χ0n) is 20.5. The fourth-order valence-electron chi connectivity index (χ4n) is 3.13. The summed E-state index contributed by atoms with van der Waals surface area (Å²) in [5.41, 5.74) is 4.36. The smallest absolute Gasteiger partial charge is 0.229 e. The van der Waals surface area contributed by atoms with Crippen molar-refractivity contribution in [3.63, 3.8) is 0 Å². The lowest BCUT2D eigenvalue weighted by molar-refractivity contribution is -0.115. The van der Waals surface area contributed by atoms with Gasteiger partial charge in [0.2, 0.25) is 11.0 Å². The molecule has 0 saturated heterocycles. The van der Waals surface area contributed by atoms with Gasteiger partial charge in [-0.05, 0) is 50.8 Å². The molecule has 184 valence electrons. The van der Waals surface area contributed by atoms with Gasteiger partial charge >= 0.3 is 0 Å². The number of anilines is 2. The third-order valence-corrected chi connectivity index (χ3v) is 5.45. The number of carbonyl (C=O) groups is 1. The quantitative estimate of drug-likeness (QED) is 0.184. The van der Waals surface area contributed by atoms with E-state index in [0.29, 0.717) is 23.8 Å². The number of hydrogen-bond donors (Lipinski definition) is 2. The highest BCUT2D eigenvalue weighted by Crippen LogP contribution is 2.20. The minimum Gasteiger partial charge on any atom is -0.334 e. The minimum absolute atomic E-state index is 0.122. The number of hydrogen-bond acceptors (Lipinski definition) is 8. The predicted octanol–water partition coefficient (Wildman–Crippen LogP) is 5.83. The van der Waals surface area contributed by atoms with Gasteiger partial charge < -0.3 is 10.6 Å². The van der Waals surface area contributed by atoms with Crippen molar-refractivity contribution in [2.24, 2.45) is 4.99 Å². The second-order valence-electron chi connectivity index (χ2n) is 8.20. The fraction of sp³-hybridized carbons (Fsp3) is 0.308. The van der Waals surface area contributed by atoms with Crippen molar-refractivity contribution in [2.75, 3.05) is 10.6 Å². The normalized spacial score (nSPS) is 11.3. The van der Waals surface area contributed by atoms with Crippen LogP contribution in [0, 0.1) is 0 Å². The van der Waals surface area contributed by atoms with E-state index in [1.54, 1.807) is 12.3 Å². The summed E-state index contributed by atoms with van der Waals surface area (Å²) in [7, 11) is 0. The third kappa shape index (κ3) is 11.3. The van der Waals surface area contributed by atoms with Gasteiger partial charge in [-0.3, -0.25) is 9.79 Å². The van der Waals surface area contributed by atoms with Gasteiger partial charge in [0.25, 0.3) is 0 Å². The summed E-state index contributed by atoms with van der Waals surface area (Å²) in [6, 6.07) is 3.68. The lowest BCUT2D eigenvalue weighted by Gasteiger charge is -2.05. The van der Waals surface area contributed by atoms with Crippen molar-refractivity contribution < 1.29 is 4.79 Å². The summed E-state index contributed by atoms with van der Waals surface area (Å²) in [5.74, 6) is 0.330. The van der Waals surface area contributed by atoms with E-state index in [2.05, 4.69) is 62.3 Å². The summed E-state index contributed by atoms with van der Waals surface area (Å²) >= 11 is 1.52. The Kier molecular flexibility index (Phi) is 11.4. The van der Waals surface area contributed by atoms with E-state index >= 15 is 0 Å². The van der Waals surface area contributed by atoms with Gasteiger partial charge in [-0.25, -0.2) is 0 Å². The maximum atomic E-state index is 12.1. The Morgan fingerprint density at radius 3 is 2.49 bits per heavy atom. The van der Waals surface area contributed by atoms with Crippen molar-refractivity contribution in [1.29, 1.82) is 0 Å². The average molecular weight is 492 g/mol. The van der Waals surface area contributed by atoms with Crippen LogP contribution in [0.2, 0.25) is 0 Å². The Morgan fingerprint density at radius 2 is 1.80 bits per heavy atom. The van der Waals surface area contributed by atoms with Crippen LogP contribution in [0.25, 0.3) is 0 Å². The molecular formula is C26H33N7OS. The molecule has 0 bridgehead atoms. The molecule has 0 aliphatic heterocycles. The summed E-state index contributed by atoms with van der Waals surface area (Å²) in [5, 5.41) is 24.4. The Balaban J connectivity index is 1.70. The summed E-state index contributed by atoms with van der Waals surface area (Å²) < 4.78 is 0. The van der Waals surface area contributed by atoms with E-state index in [1.165, 1.54) is 17.5 Å². The van der Waals surface area contributed by atoms with Crippen LogP contribution in [0.1, 0.15) is 50.2 Å². The molecule has 2 aromatic rings. The van der Waals surface area contributed by atoms with Gasteiger partial charge in [0.15, 0.2) is 5.82 Å². The Hall–Kier alpha value is -3.72. The van der Waals surface area contributed by atoms with E-state index in [4.69, 9.17) is 0 Å². The summed E-state index contributed by atoms with van der Waals surface area (Å²) in [6.07, 6.45) is 9.43. The van der Waals surface area contributed by atoms with Gasteiger partial charge in [0.1, 0.15) is 5.01 Å². The Labute approximate surface area is 211 Å². The molecule has 2 N–H and O–H groups in total. The topological polar surface area (TPSA) is 105 Å². The molecule has 1 amide bonds. The number of allylic oxidation sites excluding steroid dienone is 3. The number of aliphatic imine (C=N–C) groups is 1. The molecule has 2 heterocycles. The van der Waals surface area contributed by atoms with E-state index in [-0.39, 0.29) is 5.91 Å². The van der Waals surface area contributed by atoms with Crippen molar-refractivity contribution >= 4 is 34.4 Å². The van der Waals surface area contributed by atoms with Crippen LogP contribution >= 0.6 is 11.3 Å². The van der Waals surface area contributed by atoms with Crippen LogP contribution < -0.4 is 10.6 Å². The van der Waals surface area contributed by atoms with Gasteiger partial charge in [0.05, 0.1) is 5.69 Å². The molecule has 8 nitrogen and oxygen atoms in total. The van der Waals surface area contributed by atoms with Gasteiger partial charge in [-0.15, -0.1) is 15.3 Å². The maximum Gasteiger partial charge on any atom is 0.229 e. The minimum atomic E-state index is -0.122. The van der Waals surface area contributed by atoms with E-state index in [0.717, 1.165) is 58.8 Å². The Bertz CT molecular complexity index is 1110. The van der Waals surface area contributed by atoms with Crippen LogP contribution in [0.4, 0.5) is 10.9 Å². The highest BCUT2D eigenvalue weighted by molar-refractivity contribution is 7.15. The maximum absolute atomic E-state index is 12.1. The van der Waals surface area contributed by atoms with Crippen molar-refractivity contribution in [1.82, 2.24) is 20.4 Å². The molecule has 0 unspecified atom stereocenters. The number of unbranched alkanes of at least 4 members (excludes halogenated alkanes) is 1. The van der Waals surface area contributed by atoms with Gasteiger partial charge in [-0.2, -0.15) is 5.10 Å². The first kappa shape index (κ1) is 27.5. The standard InChI is InChI=1S/C26H33N7OS/c1-7-27-17-20(5)15-21(6)28-26-33-32-25(35-26)11-9-8-10-22-12-13-23(31-30-22)29-24(34)16-19(4)14-18(2)3/h7,12-14,17H,1-2,5-6,8-11,15-16H2,3-4H3,(H,28,33)(H,29,31,34)/b19-14+,27-17-. The molecule has 0 radical (unpaired) electrons. The number of rotatable bonds is 15. The van der Waals surface area contributed by atoms with Crippen LogP contribution in [0.5, 0.6) is 0 Å². The molecule has 9 heteroatoms. The number of aryl methyl sites for hydroxylation is 2. The average Bonchev–Trinajstić information content (AvgIpc) is 3.22. The molecular weight excluding hydrogens is 458 g/mol. The van der Waals surface area contributed by atoms with Crippen molar-refractivity contribution in [2.45, 2.75) is 52.4 Å². The number of nitrogens with one attached hydrogen (secondary N) is 2. The first-order valence-corrected chi connectivity index (χ1v) is 12.1. The lowest BCUT2D eigenvalue weighted by atomic mass is 10.1. The molecule has 0 aromatic carbocycles. The van der Waals surface area contributed by atoms with Crippen molar-refractivity contribution in [3.8, 4) is 0 Å². The first-order chi connectivity index (χ1) is 16.7. The zero-order valence-corrected chi connectivity index (χ0v) is 21.3. The van der Waals surface area contributed by atoms with Crippen LogP contribution in [-0.2, 0) is 17.6 Å². The first-order valence-electron chi connectivity index (χ1n) is 11.3. The van der Waals surface area contributed by atoms with Gasteiger partial charge in [-0.1, -0.05) is 54.9 Å². The van der Waals surface area contributed by atoms with E-state index in [9.17, 15) is 4.79 Å². The molecule has 0 spiro atoms. The van der Waals surface area contributed by atoms with Crippen LogP contribution in [0.15, 0.2) is 78.1 Å². The largest absolute Gasteiger partial charge is 0.334 e. The molecule has 2 rings (SSSR count). The second kappa shape index (κ2) is 14.5. The molecule has 0 atom stereocenters. The van der Waals surface area contributed by atoms with Gasteiger partial charge in [0, 0.05) is 37.4 Å². The fourth-order valence-corrected chi connectivity index (χ4v) is 3.96. The molecule has 2 aromatic heterocycles. The number of nitrogens with zero attached hydrogens (tertiary/aromatic N) is 5. The monoisotopic (exact) mass is 491 g/mol. The molecule has 0 aliphatic carbocycles. The van der Waals surface area contributed by atoms with Crippen LogP contribution in [0.3, 0.4) is 0 Å². The molecule has 35 heavy (non-hydrogen) atoms. The summed E-state index contributed by atoms with van der Waals surface area (Å²) in [4.78, 5) is 16.0. The second-order valence-corrected chi connectivity index (χ2v) is 9.27. The predicted molar refractivity (Wildman–Crippen MR) is 146 cm³/mol.